The van der Waals surface area contributed by atoms with Crippen molar-refractivity contribution in [3.05, 3.63) is 78.9 Å². The van der Waals surface area contributed by atoms with Crippen molar-refractivity contribution in [1.82, 2.24) is 0 Å². The largest absolute Gasteiger partial charge is 0.455 e. The first-order chi connectivity index (χ1) is 9.72. The topological polar surface area (TPSA) is 40.5 Å². The second-order valence-corrected chi connectivity index (χ2v) is 4.50. The lowest BCUT2D eigenvalue weighted by atomic mass is 9.85. The van der Waals surface area contributed by atoms with Gasteiger partial charge in [0.15, 0.2) is 0 Å². The van der Waals surface area contributed by atoms with Crippen LogP contribution in [-0.4, -0.2) is 17.2 Å². The Morgan fingerprint density at radius 3 is 2.60 bits per heavy atom. The molecule has 0 radical (unpaired) electrons. The lowest BCUT2D eigenvalue weighted by Crippen LogP contribution is -2.07. The van der Waals surface area contributed by atoms with Gasteiger partial charge in [0.1, 0.15) is 0 Å². The highest BCUT2D eigenvalue weighted by molar-refractivity contribution is 6.41. The summed E-state index contributed by atoms with van der Waals surface area (Å²) >= 11 is 0. The molecule has 3 heteroatoms. The predicted octanol–water partition coefficient (Wildman–Crippen LogP) is 3.44. The van der Waals surface area contributed by atoms with Gasteiger partial charge in [0.2, 0.25) is 0 Å². The van der Waals surface area contributed by atoms with E-state index >= 15 is 0 Å². The molecule has 0 spiro atoms. The van der Waals surface area contributed by atoms with E-state index in [9.17, 15) is 0 Å². The summed E-state index contributed by atoms with van der Waals surface area (Å²) in [7, 11) is -1.32. The molecular weight excluding hydrogens is 247 g/mol. The maximum atomic E-state index is 8.90. The first-order valence-electron chi connectivity index (χ1n) is 6.56. The van der Waals surface area contributed by atoms with Gasteiger partial charge in [-0.2, -0.15) is 0 Å². The molecule has 0 aliphatic rings. The fourth-order valence-corrected chi connectivity index (χ4v) is 2.16. The molecule has 0 saturated carbocycles. The van der Waals surface area contributed by atoms with Gasteiger partial charge in [0.25, 0.3) is 0 Å². The molecule has 0 aromatic heterocycles. The molecular formula is C17H17BO2. The van der Waals surface area contributed by atoms with Crippen LogP contribution in [0, 0.1) is 0 Å². The molecule has 2 rings (SSSR count). The smallest absolute Gasteiger partial charge is 0.427 e. The molecule has 0 aliphatic carbocycles. The monoisotopic (exact) mass is 264 g/mol. The quantitative estimate of drug-likeness (QED) is 0.641. The molecule has 0 atom stereocenters. The van der Waals surface area contributed by atoms with E-state index in [0.29, 0.717) is 0 Å². The van der Waals surface area contributed by atoms with E-state index in [2.05, 4.69) is 30.8 Å². The van der Waals surface area contributed by atoms with Crippen molar-refractivity contribution in [3.63, 3.8) is 0 Å². The van der Waals surface area contributed by atoms with Crippen molar-refractivity contribution in [2.75, 3.05) is 0 Å². The van der Waals surface area contributed by atoms with Crippen LogP contribution >= 0.6 is 0 Å². The van der Waals surface area contributed by atoms with E-state index in [0.717, 1.165) is 16.5 Å². The van der Waals surface area contributed by atoms with Gasteiger partial charge in [-0.05, 0) is 21.9 Å². The molecule has 0 bridgehead atoms. The van der Waals surface area contributed by atoms with Crippen LogP contribution in [0.5, 0.6) is 0 Å². The summed E-state index contributed by atoms with van der Waals surface area (Å²) in [6, 6.07) is 14.3. The normalized spacial score (nSPS) is 12.0. The van der Waals surface area contributed by atoms with Crippen LogP contribution in [-0.2, 0) is 0 Å². The summed E-state index contributed by atoms with van der Waals surface area (Å²) in [4.78, 5) is 0. The highest BCUT2D eigenvalue weighted by Crippen LogP contribution is 2.26. The highest BCUT2D eigenvalue weighted by Gasteiger charge is 2.05. The summed E-state index contributed by atoms with van der Waals surface area (Å²) in [6.45, 7) is 3.74. The van der Waals surface area contributed by atoms with E-state index in [4.69, 9.17) is 10.0 Å². The van der Waals surface area contributed by atoms with E-state index in [1.807, 2.05) is 30.4 Å². The van der Waals surface area contributed by atoms with E-state index in [1.165, 1.54) is 5.39 Å². The number of hydrogen-bond acceptors (Lipinski definition) is 2. The molecule has 0 aliphatic heterocycles. The van der Waals surface area contributed by atoms with E-state index in [-0.39, 0.29) is 6.32 Å². The summed E-state index contributed by atoms with van der Waals surface area (Å²) < 4.78 is 0. The molecule has 0 fully saturated rings. The van der Waals surface area contributed by atoms with Gasteiger partial charge < -0.3 is 10.0 Å². The zero-order valence-electron chi connectivity index (χ0n) is 11.2. The third kappa shape index (κ3) is 3.47. The van der Waals surface area contributed by atoms with Crippen LogP contribution in [0.3, 0.4) is 0 Å². The molecule has 100 valence electrons. The van der Waals surface area contributed by atoms with E-state index < -0.39 is 7.12 Å². The van der Waals surface area contributed by atoms with Crippen LogP contribution in [0.2, 0.25) is 6.32 Å². The van der Waals surface area contributed by atoms with Gasteiger partial charge in [-0.1, -0.05) is 73.3 Å². The van der Waals surface area contributed by atoms with Crippen molar-refractivity contribution < 1.29 is 10.0 Å². The lowest BCUT2D eigenvalue weighted by Gasteiger charge is -2.07. The molecule has 0 saturated heterocycles. The fraction of sp³-hybridized carbons (Fsp3) is 0.0588. The average Bonchev–Trinajstić information content (AvgIpc) is 2.45. The molecule has 0 heterocycles. The van der Waals surface area contributed by atoms with Crippen LogP contribution in [0.4, 0.5) is 0 Å². The Kier molecular flexibility index (Phi) is 4.94. The Balaban J connectivity index is 2.45. The lowest BCUT2D eigenvalue weighted by molar-refractivity contribution is 0.411. The van der Waals surface area contributed by atoms with Crippen molar-refractivity contribution in [2.24, 2.45) is 0 Å². The number of rotatable bonds is 5. The third-order valence-electron chi connectivity index (χ3n) is 3.04. The summed E-state index contributed by atoms with van der Waals surface area (Å²) in [5.74, 6) is 0. The molecule has 0 unspecified atom stereocenters. The summed E-state index contributed by atoms with van der Waals surface area (Å²) in [5.41, 5.74) is 2.10. The number of allylic oxidation sites excluding steroid dienone is 5. The summed E-state index contributed by atoms with van der Waals surface area (Å²) in [5, 5.41) is 20.1. The standard InChI is InChI=1S/C17H17BO2/c1-2-7-14(10-6-13-18(19)20)17-12-5-9-15-8-3-4-11-16(15)17/h2-12,19-20H,1,13H2/b10-6-,14-7+. The minimum Gasteiger partial charge on any atom is -0.427 e. The SMILES string of the molecule is C=C/C=C(\C=C/CB(O)O)c1cccc2ccccc12. The Morgan fingerprint density at radius 2 is 1.85 bits per heavy atom. The molecule has 0 amide bonds. The van der Waals surface area contributed by atoms with Gasteiger partial charge in [-0.3, -0.25) is 0 Å². The highest BCUT2D eigenvalue weighted by atomic mass is 16.4. The van der Waals surface area contributed by atoms with Crippen molar-refractivity contribution in [1.29, 1.82) is 0 Å². The molecule has 2 aromatic rings. The zero-order valence-corrected chi connectivity index (χ0v) is 11.2. The Labute approximate surface area is 119 Å². The number of benzene rings is 2. The molecule has 2 N–H and O–H groups in total. The average molecular weight is 264 g/mol. The predicted molar refractivity (Wildman–Crippen MR) is 86.3 cm³/mol. The maximum Gasteiger partial charge on any atom is 0.455 e. The zero-order chi connectivity index (χ0) is 14.4. The molecule has 2 nitrogen and oxygen atoms in total. The third-order valence-corrected chi connectivity index (χ3v) is 3.04. The van der Waals surface area contributed by atoms with Gasteiger partial charge >= 0.3 is 7.12 Å². The number of hydrogen-bond donors (Lipinski definition) is 2. The number of fused-ring (bicyclic) bond motifs is 1. The van der Waals surface area contributed by atoms with Crippen molar-refractivity contribution >= 4 is 23.5 Å². The Bertz CT molecular complexity index is 652. The maximum absolute atomic E-state index is 8.90. The first-order valence-corrected chi connectivity index (χ1v) is 6.56. The van der Waals surface area contributed by atoms with Crippen LogP contribution in [0.1, 0.15) is 5.56 Å². The molecule has 2 aromatic carbocycles. The first kappa shape index (κ1) is 14.3. The van der Waals surface area contributed by atoms with Gasteiger partial charge in [-0.25, -0.2) is 0 Å². The van der Waals surface area contributed by atoms with Crippen molar-refractivity contribution in [3.8, 4) is 0 Å². The Morgan fingerprint density at radius 1 is 1.10 bits per heavy atom. The van der Waals surface area contributed by atoms with Crippen LogP contribution in [0.15, 0.2) is 73.3 Å². The van der Waals surface area contributed by atoms with E-state index in [1.54, 1.807) is 12.2 Å². The second-order valence-electron chi connectivity index (χ2n) is 4.50. The second kappa shape index (κ2) is 6.89. The Hall–Kier alpha value is -2.10. The minimum atomic E-state index is -1.32. The van der Waals surface area contributed by atoms with Gasteiger partial charge in [0.05, 0.1) is 0 Å². The fourth-order valence-electron chi connectivity index (χ4n) is 2.16. The van der Waals surface area contributed by atoms with Crippen LogP contribution < -0.4 is 0 Å². The van der Waals surface area contributed by atoms with Crippen molar-refractivity contribution in [2.45, 2.75) is 6.32 Å². The summed E-state index contributed by atoms with van der Waals surface area (Å²) in [6.07, 6.45) is 7.50. The van der Waals surface area contributed by atoms with Gasteiger partial charge in [-0.15, -0.1) is 0 Å². The minimum absolute atomic E-state index is 0.208. The molecule has 20 heavy (non-hydrogen) atoms. The van der Waals surface area contributed by atoms with Crippen LogP contribution in [0.25, 0.3) is 16.3 Å². The van der Waals surface area contributed by atoms with Gasteiger partial charge in [0, 0.05) is 6.32 Å².